The number of rotatable bonds is 4. The summed E-state index contributed by atoms with van der Waals surface area (Å²) >= 11 is 0. The summed E-state index contributed by atoms with van der Waals surface area (Å²) in [5.41, 5.74) is 9.62. The first-order valence-electron chi connectivity index (χ1n) is 5.82. The number of hydrogen-bond donors (Lipinski definition) is 2. The molecule has 0 saturated heterocycles. The highest BCUT2D eigenvalue weighted by molar-refractivity contribution is 5.32. The van der Waals surface area contributed by atoms with E-state index in [0.717, 1.165) is 0 Å². The van der Waals surface area contributed by atoms with Crippen LogP contribution in [0.5, 0.6) is 0 Å². The van der Waals surface area contributed by atoms with Crippen LogP contribution in [0.1, 0.15) is 42.9 Å². The number of aryl methyl sites for hydroxylation is 2. The molecular weight excluding hydrogens is 198 g/mol. The van der Waals surface area contributed by atoms with Gasteiger partial charge in [-0.2, -0.15) is 0 Å². The third-order valence-electron chi connectivity index (χ3n) is 2.96. The lowest BCUT2D eigenvalue weighted by Crippen LogP contribution is -2.39. The maximum atomic E-state index is 9.14. The van der Waals surface area contributed by atoms with Crippen molar-refractivity contribution in [2.24, 2.45) is 5.73 Å². The van der Waals surface area contributed by atoms with Crippen molar-refractivity contribution in [3.8, 4) is 0 Å². The predicted octanol–water partition coefficient (Wildman–Crippen LogP) is 2.51. The van der Waals surface area contributed by atoms with Crippen molar-refractivity contribution in [3.05, 3.63) is 34.9 Å². The van der Waals surface area contributed by atoms with Gasteiger partial charge in [-0.3, -0.25) is 0 Å². The first-order chi connectivity index (χ1) is 7.34. The Kier molecular flexibility index (Phi) is 4.11. The minimum Gasteiger partial charge on any atom is -0.396 e. The monoisotopic (exact) mass is 221 g/mol. The fourth-order valence-electron chi connectivity index (χ4n) is 2.31. The van der Waals surface area contributed by atoms with E-state index in [-0.39, 0.29) is 18.1 Å². The molecule has 1 unspecified atom stereocenters. The van der Waals surface area contributed by atoms with Crippen molar-refractivity contribution in [1.29, 1.82) is 0 Å². The Morgan fingerprint density at radius 2 is 1.69 bits per heavy atom. The number of nitrogens with two attached hydrogens (primary N) is 1. The fourth-order valence-corrected chi connectivity index (χ4v) is 2.31. The molecule has 3 N–H and O–H groups in total. The Bertz CT molecular complexity index is 332. The van der Waals surface area contributed by atoms with Gasteiger partial charge in [-0.1, -0.05) is 29.3 Å². The summed E-state index contributed by atoms with van der Waals surface area (Å²) in [7, 11) is 0. The Balaban J connectivity index is 3.10. The van der Waals surface area contributed by atoms with Gasteiger partial charge in [-0.15, -0.1) is 0 Å². The molecule has 0 amide bonds. The van der Waals surface area contributed by atoms with Crippen molar-refractivity contribution in [2.75, 3.05) is 6.61 Å². The Morgan fingerprint density at radius 3 is 2.06 bits per heavy atom. The molecule has 16 heavy (non-hydrogen) atoms. The van der Waals surface area contributed by atoms with Gasteiger partial charge in [0.15, 0.2) is 0 Å². The smallest absolute Gasteiger partial charge is 0.0437 e. The second-order valence-corrected chi connectivity index (χ2v) is 5.31. The highest BCUT2D eigenvalue weighted by Crippen LogP contribution is 2.30. The van der Waals surface area contributed by atoms with Crippen LogP contribution in [-0.4, -0.2) is 17.3 Å². The highest BCUT2D eigenvalue weighted by Gasteiger charge is 2.26. The van der Waals surface area contributed by atoms with Crippen LogP contribution >= 0.6 is 0 Å². The van der Waals surface area contributed by atoms with Gasteiger partial charge in [-0.05, 0) is 39.7 Å². The summed E-state index contributed by atoms with van der Waals surface area (Å²) in [6, 6.07) is 6.49. The van der Waals surface area contributed by atoms with Gasteiger partial charge >= 0.3 is 0 Å². The van der Waals surface area contributed by atoms with Crippen molar-refractivity contribution in [3.63, 3.8) is 0 Å². The second kappa shape index (κ2) is 4.98. The van der Waals surface area contributed by atoms with E-state index in [9.17, 15) is 0 Å². The highest BCUT2D eigenvalue weighted by atomic mass is 16.3. The molecule has 1 aromatic carbocycles. The van der Waals surface area contributed by atoms with E-state index in [0.29, 0.717) is 6.42 Å². The lowest BCUT2D eigenvalue weighted by Gasteiger charge is -2.31. The topological polar surface area (TPSA) is 46.2 Å². The van der Waals surface area contributed by atoms with Crippen molar-refractivity contribution >= 4 is 0 Å². The molecule has 2 heteroatoms. The van der Waals surface area contributed by atoms with Crippen LogP contribution in [0.4, 0.5) is 0 Å². The van der Waals surface area contributed by atoms with Crippen LogP contribution in [0, 0.1) is 13.8 Å². The van der Waals surface area contributed by atoms with Gasteiger partial charge in [0.2, 0.25) is 0 Å². The van der Waals surface area contributed by atoms with E-state index in [1.807, 2.05) is 13.8 Å². The molecule has 0 bridgehead atoms. The van der Waals surface area contributed by atoms with Crippen molar-refractivity contribution in [2.45, 2.75) is 45.6 Å². The molecule has 0 radical (unpaired) electrons. The molecule has 0 aromatic heterocycles. The molecule has 0 saturated carbocycles. The molecule has 0 aliphatic carbocycles. The second-order valence-electron chi connectivity index (χ2n) is 5.31. The zero-order chi connectivity index (χ0) is 12.3. The van der Waals surface area contributed by atoms with Crippen LogP contribution in [0.25, 0.3) is 0 Å². The molecule has 0 fully saturated rings. The van der Waals surface area contributed by atoms with E-state index in [4.69, 9.17) is 10.8 Å². The van der Waals surface area contributed by atoms with E-state index in [2.05, 4.69) is 32.0 Å². The predicted molar refractivity (Wildman–Crippen MR) is 68.6 cm³/mol. The number of aliphatic hydroxyl groups excluding tert-OH is 1. The van der Waals surface area contributed by atoms with Crippen LogP contribution < -0.4 is 5.73 Å². The molecule has 0 heterocycles. The summed E-state index contributed by atoms with van der Waals surface area (Å²) in [5.74, 6) is 0.205. The lowest BCUT2D eigenvalue weighted by molar-refractivity contribution is 0.250. The lowest BCUT2D eigenvalue weighted by atomic mass is 9.80. The summed E-state index contributed by atoms with van der Waals surface area (Å²) < 4.78 is 0. The number of aliphatic hydroxyl groups is 1. The number of benzene rings is 1. The summed E-state index contributed by atoms with van der Waals surface area (Å²) in [5, 5.41) is 9.14. The molecule has 1 rings (SSSR count). The van der Waals surface area contributed by atoms with Gasteiger partial charge in [0.05, 0.1) is 0 Å². The third-order valence-corrected chi connectivity index (χ3v) is 2.96. The fraction of sp³-hybridized carbons (Fsp3) is 0.571. The minimum atomic E-state index is -0.303. The van der Waals surface area contributed by atoms with Gasteiger partial charge in [0.1, 0.15) is 0 Å². The van der Waals surface area contributed by atoms with Gasteiger partial charge in [0.25, 0.3) is 0 Å². The van der Waals surface area contributed by atoms with E-state index in [1.165, 1.54) is 16.7 Å². The van der Waals surface area contributed by atoms with E-state index < -0.39 is 0 Å². The zero-order valence-electron chi connectivity index (χ0n) is 10.7. The molecular formula is C14H23NO. The number of hydrogen-bond acceptors (Lipinski definition) is 2. The average molecular weight is 221 g/mol. The molecule has 1 aromatic rings. The third kappa shape index (κ3) is 3.32. The molecule has 0 aliphatic heterocycles. The Hall–Kier alpha value is -0.860. The van der Waals surface area contributed by atoms with Crippen molar-refractivity contribution < 1.29 is 5.11 Å². The van der Waals surface area contributed by atoms with E-state index >= 15 is 0 Å². The van der Waals surface area contributed by atoms with Crippen LogP contribution in [-0.2, 0) is 0 Å². The van der Waals surface area contributed by atoms with Crippen molar-refractivity contribution in [1.82, 2.24) is 0 Å². The van der Waals surface area contributed by atoms with Gasteiger partial charge < -0.3 is 10.8 Å². The summed E-state index contributed by atoms with van der Waals surface area (Å²) in [6.45, 7) is 8.40. The standard InChI is InChI=1S/C14H23NO/c1-10-7-11(2)9-12(8-10)13(5-6-16)14(3,4)15/h7-9,13,16H,5-6,15H2,1-4H3. The molecule has 0 aliphatic rings. The molecule has 90 valence electrons. The minimum absolute atomic E-state index is 0.179. The molecule has 2 nitrogen and oxygen atoms in total. The maximum Gasteiger partial charge on any atom is 0.0437 e. The summed E-state index contributed by atoms with van der Waals surface area (Å²) in [6.07, 6.45) is 0.715. The van der Waals surface area contributed by atoms with Gasteiger partial charge in [-0.25, -0.2) is 0 Å². The molecule has 1 atom stereocenters. The average Bonchev–Trinajstić information content (AvgIpc) is 2.10. The summed E-state index contributed by atoms with van der Waals surface area (Å²) in [4.78, 5) is 0. The Labute approximate surface area is 98.5 Å². The van der Waals surface area contributed by atoms with Crippen LogP contribution in [0.2, 0.25) is 0 Å². The SMILES string of the molecule is Cc1cc(C)cc(C(CCO)C(C)(C)N)c1. The quantitative estimate of drug-likeness (QED) is 0.820. The first-order valence-corrected chi connectivity index (χ1v) is 5.82. The first kappa shape index (κ1) is 13.2. The largest absolute Gasteiger partial charge is 0.396 e. The van der Waals surface area contributed by atoms with E-state index in [1.54, 1.807) is 0 Å². The Morgan fingerprint density at radius 1 is 1.19 bits per heavy atom. The van der Waals surface area contributed by atoms with Crippen LogP contribution in [0.3, 0.4) is 0 Å². The molecule has 0 spiro atoms. The zero-order valence-corrected chi connectivity index (χ0v) is 10.7. The van der Waals surface area contributed by atoms with Gasteiger partial charge in [0, 0.05) is 18.1 Å². The maximum absolute atomic E-state index is 9.14. The van der Waals surface area contributed by atoms with Crippen LogP contribution in [0.15, 0.2) is 18.2 Å². The normalized spacial score (nSPS) is 13.9.